The number of hydrogen-bond donors (Lipinski definition) is 1. The Bertz CT molecular complexity index is 823. The molecule has 138 valence electrons. The van der Waals surface area contributed by atoms with Gasteiger partial charge in [0, 0.05) is 5.54 Å². The van der Waals surface area contributed by atoms with Crippen molar-refractivity contribution in [1.82, 2.24) is 10.3 Å². The van der Waals surface area contributed by atoms with E-state index in [1.165, 1.54) is 6.39 Å². The minimum atomic E-state index is -3.75. The lowest BCUT2D eigenvalue weighted by Gasteiger charge is -2.36. The van der Waals surface area contributed by atoms with Crippen molar-refractivity contribution in [2.45, 2.75) is 70.0 Å². The number of sulfone groups is 1. The van der Waals surface area contributed by atoms with Gasteiger partial charge in [0.1, 0.15) is 0 Å². The molecule has 0 radical (unpaired) electrons. The molecule has 1 heterocycles. The second-order valence-corrected chi connectivity index (χ2v) is 10.4. The van der Waals surface area contributed by atoms with E-state index in [1.807, 2.05) is 48.5 Å². The largest absolute Gasteiger partial charge is 0.445 e. The van der Waals surface area contributed by atoms with E-state index in [4.69, 9.17) is 4.42 Å². The van der Waals surface area contributed by atoms with Crippen LogP contribution >= 0.6 is 0 Å². The zero-order valence-corrected chi connectivity index (χ0v) is 16.9. The van der Waals surface area contributed by atoms with Crippen molar-refractivity contribution in [3.63, 3.8) is 0 Å². The molecule has 0 aliphatic heterocycles. The van der Waals surface area contributed by atoms with Gasteiger partial charge in [-0.05, 0) is 45.2 Å². The Balaban J connectivity index is 2.56. The Morgan fingerprint density at radius 2 is 1.60 bits per heavy atom. The van der Waals surface area contributed by atoms with Crippen molar-refractivity contribution in [2.75, 3.05) is 0 Å². The normalized spacial score (nSPS) is 14.5. The van der Waals surface area contributed by atoms with Crippen LogP contribution in [-0.2, 0) is 9.84 Å². The molecular weight excluding hydrogens is 336 g/mol. The third-order valence-corrected chi connectivity index (χ3v) is 5.56. The van der Waals surface area contributed by atoms with E-state index in [0.29, 0.717) is 5.76 Å². The van der Waals surface area contributed by atoms with Gasteiger partial charge >= 0.3 is 0 Å². The maximum atomic E-state index is 13.1. The monoisotopic (exact) mass is 364 g/mol. The van der Waals surface area contributed by atoms with Crippen molar-refractivity contribution in [2.24, 2.45) is 5.41 Å². The van der Waals surface area contributed by atoms with E-state index in [0.717, 1.165) is 5.56 Å². The van der Waals surface area contributed by atoms with Gasteiger partial charge in [0.2, 0.25) is 14.9 Å². The molecule has 0 spiro atoms. The average Bonchev–Trinajstić information content (AvgIpc) is 2.93. The molecule has 0 amide bonds. The minimum Gasteiger partial charge on any atom is -0.445 e. The SMILES string of the molecule is Cc1ccc(S(=O)(=O)c2ncoc2C(NC(C)(C)C)C(C)(C)C)cc1. The summed E-state index contributed by atoms with van der Waals surface area (Å²) in [5.74, 6) is 0.350. The molecule has 25 heavy (non-hydrogen) atoms. The molecular formula is C19H28N2O3S. The van der Waals surface area contributed by atoms with Gasteiger partial charge < -0.3 is 9.73 Å². The van der Waals surface area contributed by atoms with Crippen molar-refractivity contribution in [1.29, 1.82) is 0 Å². The molecule has 0 aliphatic rings. The first-order chi connectivity index (χ1) is 11.3. The number of oxazole rings is 1. The standard InChI is InChI=1S/C19H28N2O3S/c1-13-8-10-14(11-9-13)25(22,23)17-15(24-12-20-17)16(18(2,3)4)21-19(5,6)7/h8-12,16,21H,1-7H3. The van der Waals surface area contributed by atoms with Crippen molar-refractivity contribution in [3.05, 3.63) is 42.0 Å². The number of nitrogens with one attached hydrogen (secondary N) is 1. The molecule has 1 aromatic heterocycles. The van der Waals surface area contributed by atoms with Crippen LogP contribution in [-0.4, -0.2) is 18.9 Å². The van der Waals surface area contributed by atoms with Crippen molar-refractivity contribution >= 4 is 9.84 Å². The van der Waals surface area contributed by atoms with E-state index in [-0.39, 0.29) is 26.9 Å². The zero-order chi connectivity index (χ0) is 19.0. The van der Waals surface area contributed by atoms with Gasteiger partial charge in [0.25, 0.3) is 0 Å². The van der Waals surface area contributed by atoms with E-state index in [2.05, 4.69) is 10.3 Å². The highest BCUT2D eigenvalue weighted by molar-refractivity contribution is 7.91. The predicted octanol–water partition coefficient (Wildman–Crippen LogP) is 4.29. The highest BCUT2D eigenvalue weighted by Crippen LogP contribution is 2.38. The molecule has 0 saturated carbocycles. The minimum absolute atomic E-state index is 0.0203. The van der Waals surface area contributed by atoms with Gasteiger partial charge in [-0.3, -0.25) is 0 Å². The fraction of sp³-hybridized carbons (Fsp3) is 0.526. The smallest absolute Gasteiger partial charge is 0.227 e. The summed E-state index contributed by atoms with van der Waals surface area (Å²) in [6, 6.07) is 6.46. The summed E-state index contributed by atoms with van der Waals surface area (Å²) in [6.45, 7) is 14.2. The van der Waals surface area contributed by atoms with Crippen LogP contribution < -0.4 is 5.32 Å². The summed E-state index contributed by atoms with van der Waals surface area (Å²) in [7, 11) is -3.75. The first kappa shape index (κ1) is 19.7. The second kappa shape index (κ2) is 6.57. The number of aryl methyl sites for hydroxylation is 1. The lowest BCUT2D eigenvalue weighted by Crippen LogP contribution is -2.44. The summed E-state index contributed by atoms with van der Waals surface area (Å²) in [6.07, 6.45) is 1.21. The lowest BCUT2D eigenvalue weighted by atomic mass is 9.84. The molecule has 5 nitrogen and oxygen atoms in total. The molecule has 2 aromatic rings. The summed E-state index contributed by atoms with van der Waals surface area (Å²) < 4.78 is 31.7. The van der Waals surface area contributed by atoms with Gasteiger partial charge in [0.05, 0.1) is 10.9 Å². The summed E-state index contributed by atoms with van der Waals surface area (Å²) in [5.41, 5.74) is 0.529. The van der Waals surface area contributed by atoms with Crippen LogP contribution in [0.4, 0.5) is 0 Å². The Labute approximate surface area is 150 Å². The van der Waals surface area contributed by atoms with E-state index in [9.17, 15) is 8.42 Å². The molecule has 0 fully saturated rings. The quantitative estimate of drug-likeness (QED) is 0.876. The van der Waals surface area contributed by atoms with Gasteiger partial charge in [0.15, 0.2) is 12.2 Å². The van der Waals surface area contributed by atoms with Crippen LogP contribution in [0.3, 0.4) is 0 Å². The first-order valence-electron chi connectivity index (χ1n) is 8.35. The number of hydrogen-bond acceptors (Lipinski definition) is 5. The Hall–Kier alpha value is -1.66. The molecule has 0 saturated heterocycles. The van der Waals surface area contributed by atoms with Crippen LogP contribution in [0.5, 0.6) is 0 Å². The lowest BCUT2D eigenvalue weighted by molar-refractivity contribution is 0.191. The molecule has 6 heteroatoms. The Morgan fingerprint density at radius 1 is 1.04 bits per heavy atom. The van der Waals surface area contributed by atoms with Crippen LogP contribution in [0.1, 0.15) is 58.9 Å². The van der Waals surface area contributed by atoms with E-state index in [1.54, 1.807) is 24.3 Å². The molecule has 1 N–H and O–H groups in total. The zero-order valence-electron chi connectivity index (χ0n) is 16.0. The summed E-state index contributed by atoms with van der Waals surface area (Å²) >= 11 is 0. The van der Waals surface area contributed by atoms with Gasteiger partial charge in [-0.2, -0.15) is 0 Å². The fourth-order valence-corrected chi connectivity index (χ4v) is 3.91. The molecule has 0 bridgehead atoms. The number of benzene rings is 1. The maximum Gasteiger partial charge on any atom is 0.227 e. The average molecular weight is 365 g/mol. The molecule has 1 aromatic carbocycles. The highest BCUT2D eigenvalue weighted by atomic mass is 32.2. The third kappa shape index (κ3) is 4.50. The first-order valence-corrected chi connectivity index (χ1v) is 9.83. The Kier molecular flexibility index (Phi) is 5.17. The highest BCUT2D eigenvalue weighted by Gasteiger charge is 2.38. The molecule has 2 rings (SSSR count). The van der Waals surface area contributed by atoms with Crippen LogP contribution in [0, 0.1) is 12.3 Å². The fourth-order valence-electron chi connectivity index (χ4n) is 2.58. The maximum absolute atomic E-state index is 13.1. The summed E-state index contributed by atoms with van der Waals surface area (Å²) in [4.78, 5) is 4.28. The number of rotatable bonds is 4. The van der Waals surface area contributed by atoms with Crippen molar-refractivity contribution in [3.8, 4) is 0 Å². The van der Waals surface area contributed by atoms with E-state index >= 15 is 0 Å². The molecule has 1 unspecified atom stereocenters. The molecule has 1 atom stereocenters. The van der Waals surface area contributed by atoms with Crippen molar-refractivity contribution < 1.29 is 12.8 Å². The van der Waals surface area contributed by atoms with Crippen LogP contribution in [0.15, 0.2) is 45.0 Å². The molecule has 0 aliphatic carbocycles. The van der Waals surface area contributed by atoms with E-state index < -0.39 is 9.84 Å². The second-order valence-electron chi connectivity index (χ2n) is 8.53. The summed E-state index contributed by atoms with van der Waals surface area (Å²) in [5, 5.41) is 3.45. The third-order valence-electron chi connectivity index (χ3n) is 3.85. The number of nitrogens with zero attached hydrogens (tertiary/aromatic N) is 1. The number of aromatic nitrogens is 1. The predicted molar refractivity (Wildman–Crippen MR) is 98.2 cm³/mol. The van der Waals surface area contributed by atoms with Crippen LogP contribution in [0.2, 0.25) is 0 Å². The van der Waals surface area contributed by atoms with Gasteiger partial charge in [-0.1, -0.05) is 38.5 Å². The Morgan fingerprint density at radius 3 is 2.08 bits per heavy atom. The van der Waals surface area contributed by atoms with Crippen LogP contribution in [0.25, 0.3) is 0 Å². The van der Waals surface area contributed by atoms with Gasteiger partial charge in [-0.25, -0.2) is 13.4 Å². The van der Waals surface area contributed by atoms with Gasteiger partial charge in [-0.15, -0.1) is 0 Å². The topological polar surface area (TPSA) is 72.2 Å².